The summed E-state index contributed by atoms with van der Waals surface area (Å²) in [4.78, 5) is 4.10. The van der Waals surface area contributed by atoms with Gasteiger partial charge in [-0.15, -0.1) is 0 Å². The van der Waals surface area contributed by atoms with Crippen molar-refractivity contribution in [1.82, 2.24) is 4.98 Å². The zero-order chi connectivity index (χ0) is 14.4. The van der Waals surface area contributed by atoms with E-state index in [0.29, 0.717) is 24.5 Å². The highest BCUT2D eigenvalue weighted by atomic mass is 16.5. The Bertz CT molecular complexity index is 507. The summed E-state index contributed by atoms with van der Waals surface area (Å²) in [6.45, 7) is 3.01. The van der Waals surface area contributed by atoms with Gasteiger partial charge in [0.15, 0.2) is 0 Å². The van der Waals surface area contributed by atoms with E-state index in [1.807, 2.05) is 37.3 Å². The van der Waals surface area contributed by atoms with Gasteiger partial charge in [0, 0.05) is 18.9 Å². The van der Waals surface area contributed by atoms with Crippen LogP contribution in [0.15, 0.2) is 42.7 Å². The number of aromatic nitrogens is 1. The molecule has 0 amide bonds. The average Bonchev–Trinajstić information content (AvgIpc) is 2.48. The van der Waals surface area contributed by atoms with Crippen molar-refractivity contribution >= 4 is 0 Å². The SMILES string of the molecule is CCOc1cncc(C(O)c2cccc(COC)c2)c1. The van der Waals surface area contributed by atoms with Crippen LogP contribution in [0.3, 0.4) is 0 Å². The molecule has 1 atom stereocenters. The predicted octanol–water partition coefficient (Wildman–Crippen LogP) is 2.71. The van der Waals surface area contributed by atoms with Crippen molar-refractivity contribution in [3.05, 3.63) is 59.4 Å². The summed E-state index contributed by atoms with van der Waals surface area (Å²) >= 11 is 0. The van der Waals surface area contributed by atoms with E-state index < -0.39 is 6.10 Å². The highest BCUT2D eigenvalue weighted by molar-refractivity contribution is 5.34. The molecule has 1 unspecified atom stereocenters. The van der Waals surface area contributed by atoms with Crippen LogP contribution in [0.2, 0.25) is 0 Å². The van der Waals surface area contributed by atoms with E-state index in [1.165, 1.54) is 0 Å². The molecule has 0 aliphatic carbocycles. The van der Waals surface area contributed by atoms with Crippen molar-refractivity contribution < 1.29 is 14.6 Å². The first kappa shape index (κ1) is 14.5. The number of nitrogens with zero attached hydrogens (tertiary/aromatic N) is 1. The third-order valence-electron chi connectivity index (χ3n) is 2.94. The molecule has 2 aromatic rings. The van der Waals surface area contributed by atoms with Gasteiger partial charge in [-0.05, 0) is 24.1 Å². The lowest BCUT2D eigenvalue weighted by Crippen LogP contribution is -2.02. The molecule has 1 heterocycles. The molecule has 106 valence electrons. The molecular weight excluding hydrogens is 254 g/mol. The fourth-order valence-electron chi connectivity index (χ4n) is 2.04. The highest BCUT2D eigenvalue weighted by Crippen LogP contribution is 2.24. The van der Waals surface area contributed by atoms with Gasteiger partial charge < -0.3 is 14.6 Å². The Morgan fingerprint density at radius 1 is 1.20 bits per heavy atom. The van der Waals surface area contributed by atoms with Crippen molar-refractivity contribution in [3.8, 4) is 5.75 Å². The molecule has 1 aromatic heterocycles. The van der Waals surface area contributed by atoms with Gasteiger partial charge >= 0.3 is 0 Å². The first-order valence-corrected chi connectivity index (χ1v) is 6.58. The summed E-state index contributed by atoms with van der Waals surface area (Å²) < 4.78 is 10.5. The van der Waals surface area contributed by atoms with Crippen molar-refractivity contribution in [1.29, 1.82) is 0 Å². The Balaban J connectivity index is 2.23. The van der Waals surface area contributed by atoms with E-state index in [9.17, 15) is 5.11 Å². The van der Waals surface area contributed by atoms with Crippen LogP contribution in [0.25, 0.3) is 0 Å². The average molecular weight is 273 g/mol. The van der Waals surface area contributed by atoms with Gasteiger partial charge in [-0.3, -0.25) is 4.98 Å². The Labute approximate surface area is 119 Å². The van der Waals surface area contributed by atoms with Crippen LogP contribution in [0.5, 0.6) is 5.75 Å². The zero-order valence-corrected chi connectivity index (χ0v) is 11.7. The molecule has 0 aliphatic heterocycles. The number of benzene rings is 1. The summed E-state index contributed by atoms with van der Waals surface area (Å²) in [6, 6.07) is 9.50. The molecule has 0 spiro atoms. The maximum Gasteiger partial charge on any atom is 0.137 e. The van der Waals surface area contributed by atoms with Crippen LogP contribution < -0.4 is 4.74 Å². The van der Waals surface area contributed by atoms with Crippen molar-refractivity contribution in [2.24, 2.45) is 0 Å². The monoisotopic (exact) mass is 273 g/mol. The second kappa shape index (κ2) is 7.03. The number of aliphatic hydroxyl groups excluding tert-OH is 1. The minimum absolute atomic E-state index is 0.526. The van der Waals surface area contributed by atoms with Crippen LogP contribution in [-0.4, -0.2) is 23.8 Å². The highest BCUT2D eigenvalue weighted by Gasteiger charge is 2.12. The lowest BCUT2D eigenvalue weighted by atomic mass is 10.0. The fourth-order valence-corrected chi connectivity index (χ4v) is 2.04. The molecule has 0 radical (unpaired) electrons. The smallest absolute Gasteiger partial charge is 0.137 e. The maximum absolute atomic E-state index is 10.4. The van der Waals surface area contributed by atoms with E-state index in [4.69, 9.17) is 9.47 Å². The molecule has 0 bridgehead atoms. The number of rotatable bonds is 6. The van der Waals surface area contributed by atoms with Crippen molar-refractivity contribution in [2.75, 3.05) is 13.7 Å². The van der Waals surface area contributed by atoms with Crippen LogP contribution in [0.1, 0.15) is 29.7 Å². The quantitative estimate of drug-likeness (QED) is 0.879. The van der Waals surface area contributed by atoms with Gasteiger partial charge in [-0.1, -0.05) is 24.3 Å². The molecule has 0 aliphatic rings. The molecule has 20 heavy (non-hydrogen) atoms. The number of methoxy groups -OCH3 is 1. The minimum Gasteiger partial charge on any atom is -0.492 e. The molecule has 4 heteroatoms. The van der Waals surface area contributed by atoms with E-state index in [2.05, 4.69) is 4.98 Å². The number of hydrogen-bond acceptors (Lipinski definition) is 4. The molecule has 4 nitrogen and oxygen atoms in total. The van der Waals surface area contributed by atoms with Gasteiger partial charge in [0.25, 0.3) is 0 Å². The number of pyridine rings is 1. The van der Waals surface area contributed by atoms with E-state index in [0.717, 1.165) is 11.1 Å². The summed E-state index contributed by atoms with van der Waals surface area (Å²) in [5, 5.41) is 10.4. The Morgan fingerprint density at radius 2 is 2.05 bits per heavy atom. The molecule has 2 rings (SSSR count). The maximum atomic E-state index is 10.4. The van der Waals surface area contributed by atoms with Gasteiger partial charge in [-0.25, -0.2) is 0 Å². The zero-order valence-electron chi connectivity index (χ0n) is 11.7. The van der Waals surface area contributed by atoms with Crippen molar-refractivity contribution in [3.63, 3.8) is 0 Å². The van der Waals surface area contributed by atoms with Crippen LogP contribution in [0, 0.1) is 0 Å². The van der Waals surface area contributed by atoms with Crippen LogP contribution >= 0.6 is 0 Å². The van der Waals surface area contributed by atoms with Gasteiger partial charge in [0.1, 0.15) is 11.9 Å². The standard InChI is InChI=1S/C16H19NO3/c1-3-20-15-8-14(9-17-10-15)16(18)13-6-4-5-12(7-13)11-19-2/h4-10,16,18H,3,11H2,1-2H3. The molecule has 0 saturated heterocycles. The van der Waals surface area contributed by atoms with E-state index >= 15 is 0 Å². The summed E-state index contributed by atoms with van der Waals surface area (Å²) in [7, 11) is 1.65. The number of aliphatic hydroxyl groups is 1. The van der Waals surface area contributed by atoms with E-state index in [1.54, 1.807) is 19.5 Å². The minimum atomic E-state index is -0.722. The predicted molar refractivity (Wildman–Crippen MR) is 76.6 cm³/mol. The first-order valence-electron chi connectivity index (χ1n) is 6.58. The molecule has 0 saturated carbocycles. The Kier molecular flexibility index (Phi) is 5.09. The lowest BCUT2D eigenvalue weighted by Gasteiger charge is -2.13. The Hall–Kier alpha value is -1.91. The van der Waals surface area contributed by atoms with E-state index in [-0.39, 0.29) is 0 Å². The third-order valence-corrected chi connectivity index (χ3v) is 2.94. The van der Waals surface area contributed by atoms with Crippen molar-refractivity contribution in [2.45, 2.75) is 19.6 Å². The number of hydrogen-bond donors (Lipinski definition) is 1. The van der Waals surface area contributed by atoms with Crippen LogP contribution in [0.4, 0.5) is 0 Å². The summed E-state index contributed by atoms with van der Waals surface area (Å²) in [5.41, 5.74) is 2.55. The normalized spacial score (nSPS) is 12.2. The summed E-state index contributed by atoms with van der Waals surface area (Å²) in [6.07, 6.45) is 2.57. The summed E-state index contributed by atoms with van der Waals surface area (Å²) in [5.74, 6) is 0.664. The Morgan fingerprint density at radius 3 is 2.80 bits per heavy atom. The molecular formula is C16H19NO3. The fraction of sp³-hybridized carbons (Fsp3) is 0.312. The second-order valence-electron chi connectivity index (χ2n) is 4.47. The largest absolute Gasteiger partial charge is 0.492 e. The first-order chi connectivity index (χ1) is 9.74. The molecule has 0 fully saturated rings. The van der Waals surface area contributed by atoms with Gasteiger partial charge in [0.05, 0.1) is 19.4 Å². The number of ether oxygens (including phenoxy) is 2. The lowest BCUT2D eigenvalue weighted by molar-refractivity contribution is 0.184. The third kappa shape index (κ3) is 3.56. The van der Waals surface area contributed by atoms with Gasteiger partial charge in [0.2, 0.25) is 0 Å². The van der Waals surface area contributed by atoms with Crippen LogP contribution in [-0.2, 0) is 11.3 Å². The van der Waals surface area contributed by atoms with Gasteiger partial charge in [-0.2, -0.15) is 0 Å². The molecule has 1 aromatic carbocycles. The topological polar surface area (TPSA) is 51.6 Å². The molecule has 1 N–H and O–H groups in total. The second-order valence-corrected chi connectivity index (χ2v) is 4.47.